The van der Waals surface area contributed by atoms with Crippen molar-refractivity contribution in [3.8, 4) is 0 Å². The van der Waals surface area contributed by atoms with Gasteiger partial charge in [-0.3, -0.25) is 9.59 Å². The average molecular weight is 382 g/mol. The van der Waals surface area contributed by atoms with Gasteiger partial charge < -0.3 is 15.0 Å². The number of ether oxygens (including phenoxy) is 1. The first kappa shape index (κ1) is 18.3. The fourth-order valence-electron chi connectivity index (χ4n) is 2.31. The Morgan fingerprint density at radius 2 is 1.78 bits per heavy atom. The van der Waals surface area contributed by atoms with Crippen molar-refractivity contribution in [1.29, 1.82) is 0 Å². The van der Waals surface area contributed by atoms with Crippen LogP contribution >= 0.6 is 11.3 Å². The number of H-pyrrole nitrogens is 1. The number of esters is 1. The molecule has 1 amide bonds. The lowest BCUT2D eigenvalue weighted by Crippen LogP contribution is -2.43. The van der Waals surface area contributed by atoms with Crippen molar-refractivity contribution < 1.29 is 18.9 Å². The van der Waals surface area contributed by atoms with Crippen molar-refractivity contribution >= 4 is 40.7 Å². The molecular formula is C19H16N3O4S+. The Bertz CT molecular complexity index is 1130. The summed E-state index contributed by atoms with van der Waals surface area (Å²) in [7, 11) is 1.23. The molecule has 0 aliphatic carbocycles. The third-order valence-electron chi connectivity index (χ3n) is 3.55. The van der Waals surface area contributed by atoms with Gasteiger partial charge in [0, 0.05) is 23.9 Å². The Morgan fingerprint density at radius 3 is 2.44 bits per heavy atom. The van der Waals surface area contributed by atoms with Crippen LogP contribution in [0, 0.1) is 0 Å². The van der Waals surface area contributed by atoms with Crippen LogP contribution in [0.2, 0.25) is 0 Å². The van der Waals surface area contributed by atoms with E-state index in [1.54, 1.807) is 53.4 Å². The lowest BCUT2D eigenvalue weighted by Gasteiger charge is -2.03. The van der Waals surface area contributed by atoms with Crippen molar-refractivity contribution in [3.05, 3.63) is 80.5 Å². The molecule has 0 unspecified atom stereocenters. The molecule has 27 heavy (non-hydrogen) atoms. The summed E-state index contributed by atoms with van der Waals surface area (Å²) >= 11 is 1.00. The van der Waals surface area contributed by atoms with E-state index in [1.807, 2.05) is 12.1 Å². The first-order valence-corrected chi connectivity index (χ1v) is 8.76. The van der Waals surface area contributed by atoms with E-state index >= 15 is 0 Å². The SMILES string of the molecule is COC(=O)/C=c1\sc(=C(C(=O)Nc2ccccc2)[n+]2ccccc2)[nH]c1=O. The summed E-state index contributed by atoms with van der Waals surface area (Å²) < 4.78 is 6.63. The molecule has 0 aliphatic rings. The van der Waals surface area contributed by atoms with Gasteiger partial charge in [0.1, 0.15) is 4.53 Å². The number of nitrogens with one attached hydrogen (secondary N) is 2. The number of nitrogens with zero attached hydrogens (tertiary/aromatic N) is 1. The molecule has 2 N–H and O–H groups in total. The molecule has 0 bridgehead atoms. The van der Waals surface area contributed by atoms with Crippen LogP contribution in [0.4, 0.5) is 5.69 Å². The second-order valence-corrected chi connectivity index (χ2v) is 6.42. The Kier molecular flexibility index (Phi) is 5.58. The fraction of sp³-hybridized carbons (Fsp3) is 0.0526. The van der Waals surface area contributed by atoms with Crippen molar-refractivity contribution in [2.24, 2.45) is 0 Å². The highest BCUT2D eigenvalue weighted by Gasteiger charge is 2.23. The van der Waals surface area contributed by atoms with Gasteiger partial charge in [-0.05, 0) is 12.1 Å². The molecule has 3 aromatic rings. The van der Waals surface area contributed by atoms with Gasteiger partial charge >= 0.3 is 17.6 Å². The molecular weight excluding hydrogens is 366 g/mol. The number of para-hydroxylation sites is 1. The molecule has 2 heterocycles. The van der Waals surface area contributed by atoms with Crippen LogP contribution in [0.3, 0.4) is 0 Å². The van der Waals surface area contributed by atoms with Crippen molar-refractivity contribution in [3.63, 3.8) is 0 Å². The van der Waals surface area contributed by atoms with E-state index < -0.39 is 17.4 Å². The van der Waals surface area contributed by atoms with E-state index in [2.05, 4.69) is 15.0 Å². The summed E-state index contributed by atoms with van der Waals surface area (Å²) in [4.78, 5) is 39.2. The Hall–Kier alpha value is -3.52. The Balaban J connectivity index is 2.17. The predicted octanol–water partition coefficient (Wildman–Crippen LogP) is -0.0274. The van der Waals surface area contributed by atoms with Gasteiger partial charge in [-0.2, -0.15) is 4.57 Å². The number of anilines is 1. The molecule has 136 valence electrons. The number of pyridine rings is 1. The third-order valence-corrected chi connectivity index (χ3v) is 4.57. The van der Waals surface area contributed by atoms with Crippen LogP contribution in [0.15, 0.2) is 65.7 Å². The van der Waals surface area contributed by atoms with Crippen LogP contribution < -0.4 is 24.6 Å². The highest BCUT2D eigenvalue weighted by molar-refractivity contribution is 7.07. The van der Waals surface area contributed by atoms with E-state index in [0.29, 0.717) is 10.4 Å². The summed E-state index contributed by atoms with van der Waals surface area (Å²) in [5, 5.41) is 2.81. The molecule has 8 heteroatoms. The monoisotopic (exact) mass is 382 g/mol. The van der Waals surface area contributed by atoms with Crippen LogP contribution in [-0.4, -0.2) is 24.0 Å². The minimum Gasteiger partial charge on any atom is -0.466 e. The summed E-state index contributed by atoms with van der Waals surface area (Å²) in [5.74, 6) is -1.05. The maximum absolute atomic E-state index is 12.9. The number of hydrogen-bond donors (Lipinski definition) is 2. The first-order chi connectivity index (χ1) is 13.1. The number of methoxy groups -OCH3 is 1. The number of carbonyl (C=O) groups excluding carboxylic acids is 2. The second kappa shape index (κ2) is 8.24. The number of benzene rings is 1. The van der Waals surface area contributed by atoms with Crippen LogP contribution in [0.5, 0.6) is 0 Å². The van der Waals surface area contributed by atoms with Gasteiger partial charge in [-0.25, -0.2) is 4.79 Å². The predicted molar refractivity (Wildman–Crippen MR) is 101 cm³/mol. The summed E-state index contributed by atoms with van der Waals surface area (Å²) in [6.07, 6.45) is 4.48. The second-order valence-electron chi connectivity index (χ2n) is 5.37. The molecule has 0 spiro atoms. The zero-order valence-electron chi connectivity index (χ0n) is 14.3. The van der Waals surface area contributed by atoms with Gasteiger partial charge in [-0.1, -0.05) is 24.3 Å². The number of carbonyl (C=O) groups is 2. The van der Waals surface area contributed by atoms with Gasteiger partial charge in [0.15, 0.2) is 17.1 Å². The van der Waals surface area contributed by atoms with Crippen molar-refractivity contribution in [1.82, 2.24) is 4.98 Å². The van der Waals surface area contributed by atoms with Crippen molar-refractivity contribution in [2.75, 3.05) is 12.4 Å². The van der Waals surface area contributed by atoms with E-state index in [1.165, 1.54) is 7.11 Å². The number of aromatic amines is 1. The normalized spacial score (nSPS) is 12.4. The third kappa shape index (κ3) is 4.36. The maximum atomic E-state index is 12.9. The standard InChI is InChI=1S/C19H15N3O4S/c1-26-15(23)12-14-17(24)21-19(27-14)16(22-10-6-3-7-11-22)18(25)20-13-8-4-2-5-9-13/h2-12H,1H3,(H-,20,21,24,25)/p+1/b14-12-. The minimum atomic E-state index is -0.642. The molecule has 0 radical (unpaired) electrons. The van der Waals surface area contributed by atoms with E-state index in [9.17, 15) is 14.4 Å². The van der Waals surface area contributed by atoms with E-state index in [-0.39, 0.29) is 10.2 Å². The zero-order valence-corrected chi connectivity index (χ0v) is 15.2. The molecule has 3 rings (SSSR count). The molecule has 0 saturated heterocycles. The van der Waals surface area contributed by atoms with E-state index in [4.69, 9.17) is 0 Å². The molecule has 0 fully saturated rings. The number of aromatic nitrogens is 2. The number of thiazole rings is 1. The van der Waals surface area contributed by atoms with Gasteiger partial charge in [-0.15, -0.1) is 11.3 Å². The van der Waals surface area contributed by atoms with Crippen LogP contribution in [0.1, 0.15) is 0 Å². The lowest BCUT2D eigenvalue weighted by molar-refractivity contribution is -0.578. The van der Waals surface area contributed by atoms with Gasteiger partial charge in [0.2, 0.25) is 0 Å². The van der Waals surface area contributed by atoms with Crippen LogP contribution in [-0.2, 0) is 14.3 Å². The van der Waals surface area contributed by atoms with Gasteiger partial charge in [0.25, 0.3) is 5.56 Å². The molecule has 1 aromatic carbocycles. The van der Waals surface area contributed by atoms with E-state index in [0.717, 1.165) is 17.4 Å². The topological polar surface area (TPSA) is 92.1 Å². The summed E-state index contributed by atoms with van der Waals surface area (Å²) in [5.41, 5.74) is 0.379. The quantitative estimate of drug-likeness (QED) is 0.490. The maximum Gasteiger partial charge on any atom is 0.332 e. The summed E-state index contributed by atoms with van der Waals surface area (Å²) in [6, 6.07) is 14.3. The number of amides is 1. The lowest BCUT2D eigenvalue weighted by atomic mass is 10.3. The zero-order chi connectivity index (χ0) is 19.2. The summed E-state index contributed by atoms with van der Waals surface area (Å²) in [6.45, 7) is 0. The van der Waals surface area contributed by atoms with Gasteiger partial charge in [0.05, 0.1) is 7.11 Å². The fourth-order valence-corrected chi connectivity index (χ4v) is 3.27. The minimum absolute atomic E-state index is 0.151. The average Bonchev–Trinajstić information content (AvgIpc) is 3.03. The molecule has 2 aromatic heterocycles. The Morgan fingerprint density at radius 1 is 1.11 bits per heavy atom. The van der Waals surface area contributed by atoms with Crippen molar-refractivity contribution in [2.45, 2.75) is 0 Å². The highest BCUT2D eigenvalue weighted by Crippen LogP contribution is 2.06. The smallest absolute Gasteiger partial charge is 0.332 e. The first-order valence-electron chi connectivity index (χ1n) is 7.94. The number of hydrogen-bond acceptors (Lipinski definition) is 5. The largest absolute Gasteiger partial charge is 0.466 e. The molecule has 0 saturated carbocycles. The number of rotatable bonds is 4. The van der Waals surface area contributed by atoms with Crippen LogP contribution in [0.25, 0.3) is 11.8 Å². The molecule has 0 atom stereocenters. The Labute approximate surface area is 157 Å². The highest BCUT2D eigenvalue weighted by atomic mass is 32.1. The molecule has 7 nitrogen and oxygen atoms in total. The molecule has 0 aliphatic heterocycles.